The Kier molecular flexibility index (Phi) is 7.66. The second-order valence-corrected chi connectivity index (χ2v) is 13.9. The lowest BCUT2D eigenvalue weighted by molar-refractivity contribution is -0.115. The number of halogens is 2. The van der Waals surface area contributed by atoms with E-state index < -0.39 is 17.2 Å². The standard InChI is InChI=1S/C35H39F2N5O5/c1-34(44)18-41(11-12-45-19-34)32-25-15-38-30(24-14-23(43)13-21-5-2-6-26(36)28(21)24)29(37)31(25)39-33(40-32)47-20-35-8-3-7-27(35)42(10-4-9-35)22-16-46-17-22/h2,5-6,13-15,22,27,43-44H,3-4,7-12,16-20H2,1H3/t27-,34+,35-/m1/s1. The maximum Gasteiger partial charge on any atom is 0.319 e. The number of likely N-dealkylation sites (tertiary alicyclic amines) is 1. The molecule has 4 aromatic rings. The van der Waals surface area contributed by atoms with Gasteiger partial charge in [-0.05, 0) is 62.7 Å². The van der Waals surface area contributed by atoms with Crippen LogP contribution in [0.2, 0.25) is 0 Å². The number of aromatic hydroxyl groups is 1. The van der Waals surface area contributed by atoms with Crippen molar-refractivity contribution in [3.8, 4) is 23.0 Å². The lowest BCUT2D eigenvalue weighted by atomic mass is 9.75. The number of phenols is 1. The van der Waals surface area contributed by atoms with Crippen LogP contribution in [0.1, 0.15) is 39.0 Å². The number of pyridine rings is 1. The van der Waals surface area contributed by atoms with Gasteiger partial charge in [-0.1, -0.05) is 18.6 Å². The summed E-state index contributed by atoms with van der Waals surface area (Å²) < 4.78 is 49.6. The largest absolute Gasteiger partial charge is 0.508 e. The molecule has 10 nitrogen and oxygen atoms in total. The van der Waals surface area contributed by atoms with Crippen LogP contribution in [0.15, 0.2) is 36.5 Å². The van der Waals surface area contributed by atoms with Crippen LogP contribution in [0.3, 0.4) is 0 Å². The molecule has 8 rings (SSSR count). The second-order valence-electron chi connectivity index (χ2n) is 13.9. The molecular weight excluding hydrogens is 608 g/mol. The third-order valence-corrected chi connectivity index (χ3v) is 10.5. The van der Waals surface area contributed by atoms with Gasteiger partial charge in [0.15, 0.2) is 5.82 Å². The first-order valence-electron chi connectivity index (χ1n) is 16.5. The topological polar surface area (TPSA) is 113 Å². The third-order valence-electron chi connectivity index (χ3n) is 10.5. The number of rotatable bonds is 6. The van der Waals surface area contributed by atoms with Crippen LogP contribution in [0.25, 0.3) is 32.9 Å². The van der Waals surface area contributed by atoms with Crippen LogP contribution in [0.4, 0.5) is 14.6 Å². The normalized spacial score (nSPS) is 27.1. The Morgan fingerprint density at radius 3 is 2.77 bits per heavy atom. The molecule has 1 saturated carbocycles. The van der Waals surface area contributed by atoms with E-state index in [1.807, 2.05) is 4.90 Å². The van der Waals surface area contributed by atoms with E-state index in [1.54, 1.807) is 13.0 Å². The van der Waals surface area contributed by atoms with Gasteiger partial charge in [0, 0.05) is 35.1 Å². The number of aliphatic hydroxyl groups is 1. The Bertz CT molecular complexity index is 1840. The molecule has 1 aliphatic carbocycles. The highest BCUT2D eigenvalue weighted by molar-refractivity contribution is 6.00. The molecule has 4 fully saturated rings. The number of hydrogen-bond acceptors (Lipinski definition) is 10. The van der Waals surface area contributed by atoms with E-state index in [0.717, 1.165) is 51.9 Å². The van der Waals surface area contributed by atoms with E-state index in [1.165, 1.54) is 30.5 Å². The summed E-state index contributed by atoms with van der Waals surface area (Å²) in [4.78, 5) is 18.3. The monoisotopic (exact) mass is 647 g/mol. The lowest BCUT2D eigenvalue weighted by Gasteiger charge is -2.51. The number of ether oxygens (including phenoxy) is 3. The van der Waals surface area contributed by atoms with Crippen molar-refractivity contribution in [3.63, 3.8) is 0 Å². The van der Waals surface area contributed by atoms with Crippen molar-refractivity contribution in [2.45, 2.75) is 56.7 Å². The van der Waals surface area contributed by atoms with Crippen LogP contribution in [-0.4, -0.2) is 100 Å². The third kappa shape index (κ3) is 5.44. The number of β-amino-alcohol motifs (C(OH)–C–C–N with tert-alkyl or cyclic N) is 1. The summed E-state index contributed by atoms with van der Waals surface area (Å²) in [5.41, 5.74) is -1.31. The lowest BCUT2D eigenvalue weighted by Crippen LogP contribution is -2.60. The zero-order valence-electron chi connectivity index (χ0n) is 26.4. The minimum atomic E-state index is -1.18. The Hall–Kier alpha value is -3.71. The van der Waals surface area contributed by atoms with Crippen molar-refractivity contribution in [2.24, 2.45) is 5.41 Å². The van der Waals surface area contributed by atoms with Crippen molar-refractivity contribution in [3.05, 3.63) is 48.2 Å². The quantitative estimate of drug-likeness (QED) is 0.302. The molecule has 47 heavy (non-hydrogen) atoms. The summed E-state index contributed by atoms with van der Waals surface area (Å²) in [5.74, 6) is -1.11. The SMILES string of the molecule is C[C@@]1(O)COCCN(c2nc(OC[C@]34CCC[C@H]3N(C3COC3)CCC4)nc3c(F)c(-c4cc(O)cc5cccc(F)c45)ncc23)C1. The van der Waals surface area contributed by atoms with E-state index in [-0.39, 0.29) is 52.5 Å². The number of phenolic OH excluding ortho intramolecular Hbond substituents is 1. The summed E-state index contributed by atoms with van der Waals surface area (Å²) in [7, 11) is 0. The van der Waals surface area contributed by atoms with E-state index in [4.69, 9.17) is 19.2 Å². The van der Waals surface area contributed by atoms with Gasteiger partial charge >= 0.3 is 6.01 Å². The fraction of sp³-hybridized carbons (Fsp3) is 0.514. The van der Waals surface area contributed by atoms with E-state index in [2.05, 4.69) is 14.9 Å². The highest BCUT2D eigenvalue weighted by Gasteiger charge is 2.51. The molecule has 3 atom stereocenters. The molecule has 12 heteroatoms. The summed E-state index contributed by atoms with van der Waals surface area (Å²) >= 11 is 0. The minimum Gasteiger partial charge on any atom is -0.508 e. The van der Waals surface area contributed by atoms with Crippen molar-refractivity contribution in [1.29, 1.82) is 0 Å². The number of hydrogen-bond donors (Lipinski definition) is 2. The molecule has 2 aromatic carbocycles. The summed E-state index contributed by atoms with van der Waals surface area (Å²) in [6, 6.07) is 8.08. The minimum absolute atomic E-state index is 0.0319. The Morgan fingerprint density at radius 2 is 1.94 bits per heavy atom. The summed E-state index contributed by atoms with van der Waals surface area (Å²) in [6.07, 6.45) is 6.82. The molecule has 5 heterocycles. The molecule has 4 aliphatic rings. The fourth-order valence-corrected chi connectivity index (χ4v) is 8.25. The van der Waals surface area contributed by atoms with Crippen LogP contribution in [-0.2, 0) is 9.47 Å². The first-order chi connectivity index (χ1) is 22.7. The van der Waals surface area contributed by atoms with Gasteiger partial charge in [0.05, 0.1) is 51.0 Å². The number of anilines is 1. The average molecular weight is 648 g/mol. The highest BCUT2D eigenvalue weighted by Crippen LogP contribution is 2.49. The predicted molar refractivity (Wildman–Crippen MR) is 172 cm³/mol. The first kappa shape index (κ1) is 30.6. The fourth-order valence-electron chi connectivity index (χ4n) is 8.25. The first-order valence-corrected chi connectivity index (χ1v) is 16.5. The number of piperidine rings is 1. The van der Waals surface area contributed by atoms with Gasteiger partial charge in [0.1, 0.15) is 34.2 Å². The second kappa shape index (κ2) is 11.8. The number of fused-ring (bicyclic) bond motifs is 3. The molecule has 0 spiro atoms. The maximum absolute atomic E-state index is 16.8. The van der Waals surface area contributed by atoms with Crippen molar-refractivity contribution in [1.82, 2.24) is 19.9 Å². The number of nitrogens with zero attached hydrogens (tertiary/aromatic N) is 5. The zero-order chi connectivity index (χ0) is 32.3. The van der Waals surface area contributed by atoms with Crippen LogP contribution < -0.4 is 9.64 Å². The van der Waals surface area contributed by atoms with Gasteiger partial charge in [0.25, 0.3) is 0 Å². The molecule has 248 valence electrons. The molecule has 3 aliphatic heterocycles. The molecule has 0 radical (unpaired) electrons. The van der Waals surface area contributed by atoms with Crippen LogP contribution in [0.5, 0.6) is 11.8 Å². The molecule has 3 saturated heterocycles. The maximum atomic E-state index is 16.8. The molecule has 0 bridgehead atoms. The van der Waals surface area contributed by atoms with E-state index >= 15 is 8.78 Å². The predicted octanol–water partition coefficient (Wildman–Crippen LogP) is 4.83. The highest BCUT2D eigenvalue weighted by atomic mass is 19.1. The van der Waals surface area contributed by atoms with E-state index in [9.17, 15) is 10.2 Å². The van der Waals surface area contributed by atoms with Gasteiger partial charge in [-0.25, -0.2) is 8.78 Å². The van der Waals surface area contributed by atoms with Gasteiger partial charge in [0.2, 0.25) is 0 Å². The average Bonchev–Trinajstić information content (AvgIpc) is 3.37. The van der Waals surface area contributed by atoms with E-state index in [0.29, 0.717) is 48.4 Å². The number of aromatic nitrogens is 3. The van der Waals surface area contributed by atoms with Gasteiger partial charge in [-0.2, -0.15) is 9.97 Å². The Morgan fingerprint density at radius 1 is 1.09 bits per heavy atom. The zero-order valence-corrected chi connectivity index (χ0v) is 26.4. The molecule has 2 aromatic heterocycles. The Balaban J connectivity index is 1.23. The van der Waals surface area contributed by atoms with Crippen molar-refractivity contribution >= 4 is 27.5 Å². The number of benzene rings is 2. The van der Waals surface area contributed by atoms with Gasteiger partial charge in [-0.15, -0.1) is 0 Å². The van der Waals surface area contributed by atoms with Crippen molar-refractivity contribution < 1.29 is 33.2 Å². The Labute approximate surface area is 271 Å². The molecule has 0 unspecified atom stereocenters. The smallest absolute Gasteiger partial charge is 0.319 e. The molecular formula is C35H39F2N5O5. The van der Waals surface area contributed by atoms with Crippen LogP contribution in [0, 0.1) is 17.0 Å². The van der Waals surface area contributed by atoms with Gasteiger partial charge < -0.3 is 29.3 Å². The van der Waals surface area contributed by atoms with Gasteiger partial charge in [-0.3, -0.25) is 9.88 Å². The summed E-state index contributed by atoms with van der Waals surface area (Å²) in [6.45, 7) is 5.75. The van der Waals surface area contributed by atoms with Crippen LogP contribution >= 0.6 is 0 Å². The van der Waals surface area contributed by atoms with Crippen molar-refractivity contribution in [2.75, 3.05) is 57.6 Å². The molecule has 2 N–H and O–H groups in total. The summed E-state index contributed by atoms with van der Waals surface area (Å²) in [5, 5.41) is 22.4. The molecule has 0 amide bonds.